The van der Waals surface area contributed by atoms with Gasteiger partial charge in [-0.25, -0.2) is 9.48 Å². The molecule has 5 nitrogen and oxygen atoms in total. The van der Waals surface area contributed by atoms with Gasteiger partial charge in [0.05, 0.1) is 23.8 Å². The van der Waals surface area contributed by atoms with E-state index >= 15 is 0 Å². The normalized spacial score (nSPS) is 10.5. The zero-order chi connectivity index (χ0) is 12.6. The van der Waals surface area contributed by atoms with E-state index in [2.05, 4.69) is 9.84 Å². The summed E-state index contributed by atoms with van der Waals surface area (Å²) in [6.45, 7) is 1.79. The fourth-order valence-electron chi connectivity index (χ4n) is 1.77. The Morgan fingerprint density at radius 3 is 2.71 bits per heavy atom. The molecule has 0 unspecified atom stereocenters. The summed E-state index contributed by atoms with van der Waals surface area (Å²) >= 11 is 0. The van der Waals surface area contributed by atoms with Crippen LogP contribution in [-0.2, 0) is 11.8 Å². The maximum Gasteiger partial charge on any atom is 0.337 e. The maximum absolute atomic E-state index is 11.8. The Balaban J connectivity index is 2.79. The lowest BCUT2D eigenvalue weighted by molar-refractivity contribution is 0.0601. The van der Waals surface area contributed by atoms with Crippen LogP contribution >= 0.6 is 0 Å². The number of rotatable bonds is 1. The van der Waals surface area contributed by atoms with Crippen molar-refractivity contribution < 1.29 is 9.53 Å². The molecule has 0 radical (unpaired) electrons. The van der Waals surface area contributed by atoms with E-state index in [-0.39, 0.29) is 5.56 Å². The van der Waals surface area contributed by atoms with Gasteiger partial charge in [-0.05, 0) is 25.1 Å². The number of esters is 1. The van der Waals surface area contributed by atoms with Crippen LogP contribution in [0.4, 0.5) is 0 Å². The number of carbonyl (C=O) groups is 1. The Hall–Kier alpha value is -2.17. The zero-order valence-electron chi connectivity index (χ0n) is 9.85. The molecule has 0 saturated heterocycles. The number of hydrogen-bond acceptors (Lipinski definition) is 4. The van der Waals surface area contributed by atoms with Crippen LogP contribution in [0.1, 0.15) is 16.1 Å². The molecule has 0 fully saturated rings. The van der Waals surface area contributed by atoms with E-state index < -0.39 is 5.97 Å². The Morgan fingerprint density at radius 1 is 1.35 bits per heavy atom. The molecule has 0 aliphatic heterocycles. The molecule has 0 aliphatic carbocycles. The van der Waals surface area contributed by atoms with Crippen LogP contribution in [0.3, 0.4) is 0 Å². The summed E-state index contributed by atoms with van der Waals surface area (Å²) < 4.78 is 5.92. The van der Waals surface area contributed by atoms with E-state index in [1.165, 1.54) is 11.8 Å². The SMILES string of the molecule is COC(=O)c1ccc2c(=O)n(C)nc(C)c2c1. The van der Waals surface area contributed by atoms with Gasteiger partial charge < -0.3 is 4.74 Å². The Kier molecular flexibility index (Phi) is 2.67. The molecule has 0 amide bonds. The van der Waals surface area contributed by atoms with Crippen LogP contribution in [0.25, 0.3) is 10.8 Å². The highest BCUT2D eigenvalue weighted by Crippen LogP contribution is 2.15. The van der Waals surface area contributed by atoms with Crippen molar-refractivity contribution >= 4 is 16.7 Å². The monoisotopic (exact) mass is 232 g/mol. The second kappa shape index (κ2) is 4.01. The molecule has 88 valence electrons. The van der Waals surface area contributed by atoms with Crippen molar-refractivity contribution in [2.24, 2.45) is 7.05 Å². The Morgan fingerprint density at radius 2 is 2.06 bits per heavy atom. The summed E-state index contributed by atoms with van der Waals surface area (Å²) in [5, 5.41) is 5.31. The first-order valence-corrected chi connectivity index (χ1v) is 5.10. The second-order valence-electron chi connectivity index (χ2n) is 3.77. The Labute approximate surface area is 97.6 Å². The van der Waals surface area contributed by atoms with Gasteiger partial charge in [0.2, 0.25) is 0 Å². The average molecular weight is 232 g/mol. The fourth-order valence-corrected chi connectivity index (χ4v) is 1.77. The summed E-state index contributed by atoms with van der Waals surface area (Å²) in [5.74, 6) is -0.424. The fraction of sp³-hybridized carbons (Fsp3) is 0.250. The van der Waals surface area contributed by atoms with E-state index in [0.29, 0.717) is 22.0 Å². The quantitative estimate of drug-likeness (QED) is 0.689. The molecule has 0 bridgehead atoms. The van der Waals surface area contributed by atoms with Crippen LogP contribution < -0.4 is 5.56 Å². The van der Waals surface area contributed by atoms with Crippen molar-refractivity contribution in [3.63, 3.8) is 0 Å². The highest BCUT2D eigenvalue weighted by Gasteiger charge is 2.10. The van der Waals surface area contributed by atoms with E-state index in [1.54, 1.807) is 32.2 Å². The lowest BCUT2D eigenvalue weighted by atomic mass is 10.1. The zero-order valence-corrected chi connectivity index (χ0v) is 9.85. The van der Waals surface area contributed by atoms with Crippen LogP contribution in [0.15, 0.2) is 23.0 Å². The lowest BCUT2D eigenvalue weighted by Crippen LogP contribution is -2.20. The summed E-state index contributed by atoms with van der Waals surface area (Å²) in [4.78, 5) is 23.2. The van der Waals surface area contributed by atoms with Gasteiger partial charge >= 0.3 is 5.97 Å². The number of ether oxygens (including phenoxy) is 1. The summed E-state index contributed by atoms with van der Waals surface area (Å²) in [5.41, 5.74) is 0.938. The van der Waals surface area contributed by atoms with E-state index in [0.717, 1.165) is 0 Å². The highest BCUT2D eigenvalue weighted by molar-refractivity contribution is 5.95. The summed E-state index contributed by atoms with van der Waals surface area (Å²) in [6, 6.07) is 4.83. The summed E-state index contributed by atoms with van der Waals surface area (Å²) in [6.07, 6.45) is 0. The first-order valence-electron chi connectivity index (χ1n) is 5.10. The molecule has 1 aromatic carbocycles. The highest BCUT2D eigenvalue weighted by atomic mass is 16.5. The van der Waals surface area contributed by atoms with Crippen molar-refractivity contribution in [3.8, 4) is 0 Å². The molecule has 0 spiro atoms. The number of benzene rings is 1. The lowest BCUT2D eigenvalue weighted by Gasteiger charge is -2.06. The topological polar surface area (TPSA) is 61.2 Å². The molecule has 0 aliphatic rings. The minimum Gasteiger partial charge on any atom is -0.465 e. The standard InChI is InChI=1S/C12H12N2O3/c1-7-10-6-8(12(16)17-3)4-5-9(10)11(15)14(2)13-7/h4-6H,1-3H3. The molecular formula is C12H12N2O3. The largest absolute Gasteiger partial charge is 0.465 e. The van der Waals surface area contributed by atoms with E-state index in [1.807, 2.05) is 0 Å². The number of methoxy groups -OCH3 is 1. The molecule has 17 heavy (non-hydrogen) atoms. The first kappa shape index (κ1) is 11.3. The van der Waals surface area contributed by atoms with E-state index in [4.69, 9.17) is 0 Å². The van der Waals surface area contributed by atoms with Gasteiger partial charge in [-0.1, -0.05) is 0 Å². The van der Waals surface area contributed by atoms with Crippen molar-refractivity contribution in [2.75, 3.05) is 7.11 Å². The number of aryl methyl sites for hydroxylation is 2. The predicted molar refractivity (Wildman–Crippen MR) is 63.1 cm³/mol. The van der Waals surface area contributed by atoms with Crippen molar-refractivity contribution in [3.05, 3.63) is 39.8 Å². The number of fused-ring (bicyclic) bond motifs is 1. The van der Waals surface area contributed by atoms with Gasteiger partial charge in [0.1, 0.15) is 0 Å². The van der Waals surface area contributed by atoms with Crippen LogP contribution in [0.2, 0.25) is 0 Å². The Bertz CT molecular complexity index is 659. The molecule has 2 aromatic rings. The second-order valence-corrected chi connectivity index (χ2v) is 3.77. The first-order chi connectivity index (χ1) is 8.04. The predicted octanol–water partition coefficient (Wildman–Crippen LogP) is 1.03. The van der Waals surface area contributed by atoms with Crippen LogP contribution in [-0.4, -0.2) is 22.9 Å². The van der Waals surface area contributed by atoms with Gasteiger partial charge in [0.15, 0.2) is 0 Å². The average Bonchev–Trinajstić information content (AvgIpc) is 2.34. The molecule has 5 heteroatoms. The maximum atomic E-state index is 11.8. The van der Waals surface area contributed by atoms with Crippen molar-refractivity contribution in [2.45, 2.75) is 6.92 Å². The van der Waals surface area contributed by atoms with Gasteiger partial charge in [0.25, 0.3) is 5.56 Å². The van der Waals surface area contributed by atoms with Crippen LogP contribution in [0.5, 0.6) is 0 Å². The van der Waals surface area contributed by atoms with Crippen molar-refractivity contribution in [1.29, 1.82) is 0 Å². The number of nitrogens with zero attached hydrogens (tertiary/aromatic N) is 2. The third-order valence-corrected chi connectivity index (χ3v) is 2.65. The van der Waals surface area contributed by atoms with Gasteiger partial charge in [-0.3, -0.25) is 4.79 Å². The third kappa shape index (κ3) is 1.80. The molecular weight excluding hydrogens is 220 g/mol. The number of hydrogen-bond donors (Lipinski definition) is 0. The molecule has 0 atom stereocenters. The number of carbonyl (C=O) groups excluding carboxylic acids is 1. The van der Waals surface area contributed by atoms with E-state index in [9.17, 15) is 9.59 Å². The van der Waals surface area contributed by atoms with Crippen molar-refractivity contribution in [1.82, 2.24) is 9.78 Å². The number of aromatic nitrogens is 2. The minimum absolute atomic E-state index is 0.179. The molecule has 0 saturated carbocycles. The molecule has 2 rings (SSSR count). The third-order valence-electron chi connectivity index (χ3n) is 2.65. The van der Waals surface area contributed by atoms with Gasteiger partial charge in [-0.15, -0.1) is 0 Å². The molecule has 0 N–H and O–H groups in total. The minimum atomic E-state index is -0.424. The van der Waals surface area contributed by atoms with Gasteiger partial charge in [-0.2, -0.15) is 5.10 Å². The van der Waals surface area contributed by atoms with Gasteiger partial charge in [0, 0.05) is 12.4 Å². The van der Waals surface area contributed by atoms with Crippen LogP contribution in [0, 0.1) is 6.92 Å². The summed E-state index contributed by atoms with van der Waals surface area (Å²) in [7, 11) is 2.92. The molecule has 1 aromatic heterocycles. The molecule has 1 heterocycles. The smallest absolute Gasteiger partial charge is 0.337 e.